The molecule has 2 unspecified atom stereocenters. The predicted octanol–water partition coefficient (Wildman–Crippen LogP) is 3.18. The second-order valence-electron chi connectivity index (χ2n) is 6.14. The van der Waals surface area contributed by atoms with Crippen LogP contribution in [0.25, 0.3) is 0 Å². The summed E-state index contributed by atoms with van der Waals surface area (Å²) in [6.45, 7) is 1.13. The van der Waals surface area contributed by atoms with Gasteiger partial charge < -0.3 is 5.32 Å². The molecule has 2 aliphatic rings. The molecular formula is C17H26N2. The van der Waals surface area contributed by atoms with Gasteiger partial charge in [-0.2, -0.15) is 0 Å². The Balaban J connectivity index is 1.73. The van der Waals surface area contributed by atoms with Gasteiger partial charge in [0.1, 0.15) is 0 Å². The van der Waals surface area contributed by atoms with E-state index < -0.39 is 0 Å². The summed E-state index contributed by atoms with van der Waals surface area (Å²) < 4.78 is 0. The van der Waals surface area contributed by atoms with Crippen molar-refractivity contribution in [3.05, 3.63) is 35.9 Å². The summed E-state index contributed by atoms with van der Waals surface area (Å²) in [5.74, 6) is 0. The van der Waals surface area contributed by atoms with Gasteiger partial charge in [-0.05, 0) is 38.3 Å². The molecule has 0 aromatic heterocycles. The maximum absolute atomic E-state index is 3.56. The summed E-state index contributed by atoms with van der Waals surface area (Å²) in [7, 11) is 2.14. The van der Waals surface area contributed by atoms with Crippen LogP contribution in [-0.4, -0.2) is 30.1 Å². The van der Waals surface area contributed by atoms with E-state index in [0.717, 1.165) is 18.6 Å². The maximum atomic E-state index is 3.56. The Kier molecular flexibility index (Phi) is 4.19. The van der Waals surface area contributed by atoms with Crippen LogP contribution in [0.1, 0.15) is 44.1 Å². The topological polar surface area (TPSA) is 15.3 Å². The number of nitrogens with one attached hydrogen (secondary N) is 1. The largest absolute Gasteiger partial charge is 0.315 e. The number of nitrogens with zero attached hydrogens (tertiary/aromatic N) is 1. The van der Waals surface area contributed by atoms with Crippen molar-refractivity contribution in [1.82, 2.24) is 10.2 Å². The molecule has 19 heavy (non-hydrogen) atoms. The second kappa shape index (κ2) is 6.06. The van der Waals surface area contributed by atoms with Crippen molar-refractivity contribution in [2.45, 2.75) is 63.2 Å². The Bertz CT molecular complexity index is 386. The third-order valence-electron chi connectivity index (χ3n) is 4.75. The van der Waals surface area contributed by atoms with E-state index in [9.17, 15) is 0 Å². The molecule has 104 valence electrons. The van der Waals surface area contributed by atoms with Gasteiger partial charge in [0.2, 0.25) is 0 Å². The highest BCUT2D eigenvalue weighted by atomic mass is 15.2. The van der Waals surface area contributed by atoms with Crippen molar-refractivity contribution in [2.75, 3.05) is 7.05 Å². The van der Waals surface area contributed by atoms with Crippen LogP contribution in [0.5, 0.6) is 0 Å². The molecule has 0 amide bonds. The molecule has 2 nitrogen and oxygen atoms in total. The van der Waals surface area contributed by atoms with Crippen LogP contribution in [0.15, 0.2) is 30.3 Å². The highest BCUT2D eigenvalue weighted by Gasteiger charge is 2.37. The van der Waals surface area contributed by atoms with Crippen LogP contribution in [-0.2, 0) is 6.54 Å². The average molecular weight is 258 g/mol. The molecule has 0 bridgehead atoms. The number of hydrogen-bond donors (Lipinski definition) is 1. The molecule has 0 spiro atoms. The van der Waals surface area contributed by atoms with Crippen LogP contribution in [0, 0.1) is 0 Å². The van der Waals surface area contributed by atoms with Crippen LogP contribution >= 0.6 is 0 Å². The van der Waals surface area contributed by atoms with Gasteiger partial charge in [0.25, 0.3) is 0 Å². The molecule has 2 aliphatic carbocycles. The lowest BCUT2D eigenvalue weighted by molar-refractivity contribution is 0.109. The van der Waals surface area contributed by atoms with Crippen molar-refractivity contribution in [1.29, 1.82) is 0 Å². The van der Waals surface area contributed by atoms with Gasteiger partial charge in [0, 0.05) is 24.7 Å². The maximum Gasteiger partial charge on any atom is 0.0255 e. The van der Waals surface area contributed by atoms with E-state index in [1.54, 1.807) is 0 Å². The van der Waals surface area contributed by atoms with Gasteiger partial charge in [-0.3, -0.25) is 4.90 Å². The molecule has 1 aromatic carbocycles. The van der Waals surface area contributed by atoms with E-state index in [-0.39, 0.29) is 0 Å². The minimum atomic E-state index is 0.693. The molecule has 0 aliphatic heterocycles. The number of benzene rings is 1. The Labute approximate surface area is 117 Å². The van der Waals surface area contributed by atoms with Gasteiger partial charge >= 0.3 is 0 Å². The third kappa shape index (κ3) is 3.18. The number of likely N-dealkylation sites (N-methyl/N-ethyl adjacent to an activating group) is 1. The molecule has 2 fully saturated rings. The smallest absolute Gasteiger partial charge is 0.0255 e. The molecule has 2 atom stereocenters. The Morgan fingerprint density at radius 3 is 2.47 bits per heavy atom. The van der Waals surface area contributed by atoms with E-state index >= 15 is 0 Å². The first-order valence-electron chi connectivity index (χ1n) is 7.85. The molecule has 0 radical (unpaired) electrons. The second-order valence-corrected chi connectivity index (χ2v) is 6.14. The molecule has 2 saturated carbocycles. The van der Waals surface area contributed by atoms with E-state index in [1.165, 1.54) is 44.1 Å². The summed E-state index contributed by atoms with van der Waals surface area (Å²) >= 11 is 0. The van der Waals surface area contributed by atoms with Crippen LogP contribution in [0.2, 0.25) is 0 Å². The first kappa shape index (κ1) is 13.1. The summed E-state index contributed by atoms with van der Waals surface area (Å²) in [6.07, 6.45) is 8.32. The molecule has 1 N–H and O–H groups in total. The van der Waals surface area contributed by atoms with Gasteiger partial charge in [0.05, 0.1) is 0 Å². The fourth-order valence-corrected chi connectivity index (χ4v) is 3.56. The van der Waals surface area contributed by atoms with E-state index in [2.05, 4.69) is 47.6 Å². The third-order valence-corrected chi connectivity index (χ3v) is 4.75. The first-order chi connectivity index (χ1) is 9.38. The lowest BCUT2D eigenvalue weighted by atomic mass is 9.88. The average Bonchev–Trinajstić information content (AvgIpc) is 3.30. The minimum absolute atomic E-state index is 0.693. The normalized spacial score (nSPS) is 27.7. The summed E-state index contributed by atoms with van der Waals surface area (Å²) in [6, 6.07) is 13.3. The van der Waals surface area contributed by atoms with Crippen LogP contribution in [0.4, 0.5) is 0 Å². The molecule has 0 heterocycles. The van der Waals surface area contributed by atoms with Crippen molar-refractivity contribution in [2.24, 2.45) is 0 Å². The zero-order valence-electron chi connectivity index (χ0n) is 12.0. The monoisotopic (exact) mass is 258 g/mol. The lowest BCUT2D eigenvalue weighted by Crippen LogP contribution is -2.51. The van der Waals surface area contributed by atoms with Gasteiger partial charge in [-0.1, -0.05) is 43.2 Å². The quantitative estimate of drug-likeness (QED) is 0.872. The molecule has 3 rings (SSSR count). The summed E-state index contributed by atoms with van der Waals surface area (Å²) in [4.78, 5) is 2.79. The van der Waals surface area contributed by atoms with Crippen LogP contribution in [0.3, 0.4) is 0 Å². The van der Waals surface area contributed by atoms with Crippen molar-refractivity contribution >= 4 is 0 Å². The Hall–Kier alpha value is -0.860. The zero-order chi connectivity index (χ0) is 13.1. The van der Waals surface area contributed by atoms with E-state index in [0.29, 0.717) is 6.04 Å². The SMILES string of the molecule is CNC1CCCCC1N(Cc1ccccc1)C1CC1. The highest BCUT2D eigenvalue weighted by Crippen LogP contribution is 2.35. The first-order valence-corrected chi connectivity index (χ1v) is 7.85. The van der Waals surface area contributed by atoms with Gasteiger partial charge in [-0.15, -0.1) is 0 Å². The zero-order valence-corrected chi connectivity index (χ0v) is 12.0. The molecular weight excluding hydrogens is 232 g/mol. The minimum Gasteiger partial charge on any atom is -0.315 e. The molecule has 0 saturated heterocycles. The molecule has 2 heteroatoms. The predicted molar refractivity (Wildman–Crippen MR) is 80.1 cm³/mol. The lowest BCUT2D eigenvalue weighted by Gasteiger charge is -2.40. The van der Waals surface area contributed by atoms with Gasteiger partial charge in [-0.25, -0.2) is 0 Å². The number of hydrogen-bond acceptors (Lipinski definition) is 2. The molecule has 1 aromatic rings. The van der Waals surface area contributed by atoms with Crippen molar-refractivity contribution < 1.29 is 0 Å². The Morgan fingerprint density at radius 2 is 1.79 bits per heavy atom. The van der Waals surface area contributed by atoms with E-state index in [1.807, 2.05) is 0 Å². The summed E-state index contributed by atoms with van der Waals surface area (Å²) in [5.41, 5.74) is 1.47. The van der Waals surface area contributed by atoms with Crippen LogP contribution < -0.4 is 5.32 Å². The standard InChI is InChI=1S/C17H26N2/c1-18-16-9-5-6-10-17(16)19(15-11-12-15)13-14-7-3-2-4-8-14/h2-4,7-8,15-18H,5-6,9-13H2,1H3. The van der Waals surface area contributed by atoms with Crippen molar-refractivity contribution in [3.63, 3.8) is 0 Å². The Morgan fingerprint density at radius 1 is 1.05 bits per heavy atom. The summed E-state index contributed by atoms with van der Waals surface area (Å²) in [5, 5.41) is 3.56. The van der Waals surface area contributed by atoms with E-state index in [4.69, 9.17) is 0 Å². The fraction of sp³-hybridized carbons (Fsp3) is 0.647. The number of rotatable bonds is 5. The van der Waals surface area contributed by atoms with Gasteiger partial charge in [0.15, 0.2) is 0 Å². The van der Waals surface area contributed by atoms with Crippen molar-refractivity contribution in [3.8, 4) is 0 Å². The fourth-order valence-electron chi connectivity index (χ4n) is 3.56. The highest BCUT2D eigenvalue weighted by molar-refractivity contribution is 5.15.